The summed E-state index contributed by atoms with van der Waals surface area (Å²) < 4.78 is 4.17. The van der Waals surface area contributed by atoms with E-state index in [1.165, 1.54) is 12.5 Å². The van der Waals surface area contributed by atoms with Crippen molar-refractivity contribution in [2.24, 2.45) is 4.53 Å². The maximum atomic E-state index is 11.1. The van der Waals surface area contributed by atoms with E-state index in [-0.39, 0.29) is 0 Å². The molecule has 2 rings (SSSR count). The lowest BCUT2D eigenvalue weighted by atomic mass is 10.2. The maximum absolute atomic E-state index is 11.1. The number of nitrogens with zero attached hydrogens (tertiary/aromatic N) is 1. The first-order valence-corrected chi connectivity index (χ1v) is 8.84. The molecule has 0 saturated heterocycles. The summed E-state index contributed by atoms with van der Waals surface area (Å²) in [5.74, 6) is -0.401. The molecule has 2 aromatic rings. The summed E-state index contributed by atoms with van der Waals surface area (Å²) in [5, 5.41) is 0.879. The van der Waals surface area contributed by atoms with Gasteiger partial charge in [-0.05, 0) is 34.7 Å². The third-order valence-electron chi connectivity index (χ3n) is 2.75. The molecule has 0 fully saturated rings. The van der Waals surface area contributed by atoms with Crippen molar-refractivity contribution in [1.82, 2.24) is 0 Å². The van der Waals surface area contributed by atoms with Gasteiger partial charge < -0.3 is 4.84 Å². The Kier molecular flexibility index (Phi) is 6.14. The first-order chi connectivity index (χ1) is 10.2. The minimum Gasteiger partial charge on any atom is -0.312 e. The first kappa shape index (κ1) is 15.9. The zero-order chi connectivity index (χ0) is 15.1. The van der Waals surface area contributed by atoms with Gasteiger partial charge in [0.1, 0.15) is 0 Å². The molecular weight excluding hydrogens is 350 g/mol. The number of hydrogen-bond acceptors (Lipinski definition) is 3. The minimum atomic E-state index is -0.624. The average molecular weight is 366 g/mol. The smallest absolute Gasteiger partial charge is 0.312 e. The number of rotatable bonds is 5. The molecule has 0 aromatic heterocycles. The summed E-state index contributed by atoms with van der Waals surface area (Å²) in [5.41, 5.74) is 1.21. The fraction of sp³-hybridized carbons (Fsp3) is 0.188. The van der Waals surface area contributed by atoms with E-state index < -0.39 is 16.7 Å². The van der Waals surface area contributed by atoms with E-state index in [0.717, 1.165) is 21.5 Å². The van der Waals surface area contributed by atoms with Crippen molar-refractivity contribution < 1.29 is 9.63 Å². The minimum absolute atomic E-state index is 0.401. The van der Waals surface area contributed by atoms with Gasteiger partial charge >= 0.3 is 5.97 Å². The monoisotopic (exact) mass is 365 g/mol. The molecule has 0 bridgehead atoms. The van der Waals surface area contributed by atoms with Crippen LogP contribution >= 0.6 is 15.9 Å². The zero-order valence-electron chi connectivity index (χ0n) is 11.7. The number of halogens is 1. The molecule has 0 saturated carbocycles. The SMILES string of the molecule is CC(=O)O/N=S(\c1ccccc1)c1ccccc1CCBr. The van der Waals surface area contributed by atoms with Crippen molar-refractivity contribution in [3.05, 3.63) is 60.2 Å². The first-order valence-electron chi connectivity index (χ1n) is 6.54. The topological polar surface area (TPSA) is 38.7 Å². The van der Waals surface area contributed by atoms with E-state index in [4.69, 9.17) is 4.84 Å². The molecular formula is C16H16BrNO2S. The Bertz CT molecular complexity index is 644. The molecule has 1 unspecified atom stereocenters. The number of aryl methyl sites for hydroxylation is 1. The van der Waals surface area contributed by atoms with Crippen LogP contribution in [0, 0.1) is 0 Å². The highest BCUT2D eigenvalue weighted by Crippen LogP contribution is 2.23. The van der Waals surface area contributed by atoms with Gasteiger partial charge in [-0.2, -0.15) is 0 Å². The van der Waals surface area contributed by atoms with Gasteiger partial charge in [-0.1, -0.05) is 52.3 Å². The van der Waals surface area contributed by atoms with Crippen molar-refractivity contribution in [2.75, 3.05) is 5.33 Å². The Morgan fingerprint density at radius 3 is 2.48 bits per heavy atom. The molecule has 0 amide bonds. The van der Waals surface area contributed by atoms with Gasteiger partial charge in [0.2, 0.25) is 0 Å². The van der Waals surface area contributed by atoms with Crippen molar-refractivity contribution in [3.63, 3.8) is 0 Å². The molecule has 21 heavy (non-hydrogen) atoms. The molecule has 0 radical (unpaired) electrons. The average Bonchev–Trinajstić information content (AvgIpc) is 2.50. The Morgan fingerprint density at radius 1 is 1.14 bits per heavy atom. The number of carbonyl (C=O) groups excluding carboxylic acids is 1. The molecule has 0 spiro atoms. The van der Waals surface area contributed by atoms with Crippen molar-refractivity contribution in [3.8, 4) is 0 Å². The normalized spacial score (nSPS) is 12.1. The van der Waals surface area contributed by atoms with Gasteiger partial charge in [-0.15, -0.1) is 0 Å². The molecule has 0 aliphatic carbocycles. The van der Waals surface area contributed by atoms with Crippen LogP contribution in [-0.2, 0) is 26.7 Å². The molecule has 0 aliphatic rings. The van der Waals surface area contributed by atoms with Gasteiger partial charge in [0.15, 0.2) is 0 Å². The van der Waals surface area contributed by atoms with Crippen molar-refractivity contribution in [1.29, 1.82) is 0 Å². The van der Waals surface area contributed by atoms with Gasteiger partial charge in [0.05, 0.1) is 0 Å². The maximum Gasteiger partial charge on any atom is 0.332 e. The highest BCUT2D eigenvalue weighted by Gasteiger charge is 2.11. The van der Waals surface area contributed by atoms with Crippen LogP contribution in [0.4, 0.5) is 0 Å². The highest BCUT2D eigenvalue weighted by molar-refractivity contribution is 9.09. The van der Waals surface area contributed by atoms with Crippen LogP contribution in [0.1, 0.15) is 12.5 Å². The predicted molar refractivity (Wildman–Crippen MR) is 88.5 cm³/mol. The Hall–Kier alpha value is -1.46. The second kappa shape index (κ2) is 8.10. The lowest BCUT2D eigenvalue weighted by molar-refractivity contribution is -0.140. The number of hydrogen-bond donors (Lipinski definition) is 0. The van der Waals surface area contributed by atoms with E-state index in [0.29, 0.717) is 0 Å². The highest BCUT2D eigenvalue weighted by atomic mass is 79.9. The van der Waals surface area contributed by atoms with Crippen molar-refractivity contribution in [2.45, 2.75) is 23.1 Å². The van der Waals surface area contributed by atoms with Gasteiger partial charge in [-0.25, -0.2) is 4.79 Å². The van der Waals surface area contributed by atoms with E-state index in [1.54, 1.807) is 0 Å². The molecule has 2 aromatic carbocycles. The second-order valence-corrected chi connectivity index (χ2v) is 6.72. The summed E-state index contributed by atoms with van der Waals surface area (Å²) in [7, 11) is -0.624. The van der Waals surface area contributed by atoms with Crippen molar-refractivity contribution >= 4 is 32.6 Å². The fourth-order valence-electron chi connectivity index (χ4n) is 1.85. The lowest BCUT2D eigenvalue weighted by Crippen LogP contribution is -2.02. The molecule has 1 atom stereocenters. The fourth-order valence-corrected chi connectivity index (χ4v) is 3.92. The van der Waals surface area contributed by atoms with E-state index in [1.807, 2.05) is 48.5 Å². The lowest BCUT2D eigenvalue weighted by Gasteiger charge is -2.12. The quantitative estimate of drug-likeness (QED) is 0.584. The summed E-state index contributed by atoms with van der Waals surface area (Å²) in [6.45, 7) is 1.36. The Balaban J connectivity index is 2.50. The molecule has 5 heteroatoms. The van der Waals surface area contributed by atoms with Crippen LogP contribution in [0.5, 0.6) is 0 Å². The van der Waals surface area contributed by atoms with E-state index >= 15 is 0 Å². The molecule has 0 heterocycles. The van der Waals surface area contributed by atoms with Gasteiger partial charge in [-0.3, -0.25) is 0 Å². The number of carbonyl (C=O) groups is 1. The summed E-state index contributed by atoms with van der Waals surface area (Å²) >= 11 is 3.47. The Morgan fingerprint density at radius 2 is 1.81 bits per heavy atom. The van der Waals surface area contributed by atoms with Crippen LogP contribution < -0.4 is 0 Å². The van der Waals surface area contributed by atoms with E-state index in [9.17, 15) is 4.79 Å². The molecule has 0 N–H and O–H groups in total. The molecule has 110 valence electrons. The van der Waals surface area contributed by atoms with Crippen LogP contribution in [0.2, 0.25) is 0 Å². The predicted octanol–water partition coefficient (Wildman–Crippen LogP) is 4.32. The van der Waals surface area contributed by atoms with Crippen LogP contribution in [0.15, 0.2) is 68.9 Å². The van der Waals surface area contributed by atoms with E-state index in [2.05, 4.69) is 26.5 Å². The van der Waals surface area contributed by atoms with Gasteiger partial charge in [0.25, 0.3) is 0 Å². The molecule has 0 aliphatic heterocycles. The van der Waals surface area contributed by atoms with Crippen LogP contribution in [0.25, 0.3) is 0 Å². The third-order valence-corrected chi connectivity index (χ3v) is 4.91. The third kappa shape index (κ3) is 4.51. The number of benzene rings is 2. The zero-order valence-corrected chi connectivity index (χ0v) is 14.1. The van der Waals surface area contributed by atoms with Gasteiger partial charge in [0, 0.05) is 32.7 Å². The summed E-state index contributed by atoms with van der Waals surface area (Å²) in [6, 6.07) is 18.0. The van der Waals surface area contributed by atoms with Crippen LogP contribution in [-0.4, -0.2) is 11.3 Å². The number of alkyl halides is 1. The summed E-state index contributed by atoms with van der Waals surface area (Å²) in [6.07, 6.45) is 0.905. The largest absolute Gasteiger partial charge is 0.332 e. The Labute approximate surface area is 135 Å². The second-order valence-electron chi connectivity index (χ2n) is 4.30. The summed E-state index contributed by atoms with van der Waals surface area (Å²) in [4.78, 5) is 18.2. The molecule has 3 nitrogen and oxygen atoms in total. The standard InChI is InChI=1S/C16H16BrNO2S/c1-13(19)20-18-21(15-8-3-2-4-9-15)16-10-6-5-7-14(16)11-12-17/h2-10H,11-12H2,1H3. The van der Waals surface area contributed by atoms with Crippen LogP contribution in [0.3, 0.4) is 0 Å².